The van der Waals surface area contributed by atoms with Crippen LogP contribution in [0.3, 0.4) is 0 Å². The number of rotatable bonds is 8. The molecular weight excluding hydrogens is 823 g/mol. The summed E-state index contributed by atoms with van der Waals surface area (Å²) in [5, 5.41) is 9.71. The highest BCUT2D eigenvalue weighted by atomic mass is 16.3. The van der Waals surface area contributed by atoms with Gasteiger partial charge in [-0.25, -0.2) is 0 Å². The Hall–Kier alpha value is -8.98. The molecule has 2 heteroatoms. The Kier molecular flexibility index (Phi) is 9.54. The van der Waals surface area contributed by atoms with Crippen LogP contribution in [0.15, 0.2) is 265 Å². The van der Waals surface area contributed by atoms with Crippen molar-refractivity contribution >= 4 is 71.3 Å². The van der Waals surface area contributed by atoms with Gasteiger partial charge in [-0.2, -0.15) is 0 Å². The van der Waals surface area contributed by atoms with E-state index >= 15 is 0 Å². The molecule has 1 heterocycles. The second-order valence-electron chi connectivity index (χ2n) is 17.6. The van der Waals surface area contributed by atoms with Crippen LogP contribution < -0.4 is 4.90 Å². The van der Waals surface area contributed by atoms with Gasteiger partial charge < -0.3 is 9.32 Å². The van der Waals surface area contributed by atoms with E-state index in [9.17, 15) is 0 Å². The van der Waals surface area contributed by atoms with Gasteiger partial charge >= 0.3 is 0 Å². The zero-order valence-corrected chi connectivity index (χ0v) is 37.2. The van der Waals surface area contributed by atoms with Crippen LogP contribution in [-0.4, -0.2) is 0 Å². The Morgan fingerprint density at radius 2 is 0.794 bits per heavy atom. The Labute approximate surface area is 395 Å². The summed E-state index contributed by atoms with van der Waals surface area (Å²) in [6.45, 7) is 0. The topological polar surface area (TPSA) is 16.4 Å². The van der Waals surface area contributed by atoms with Gasteiger partial charge in [-0.1, -0.05) is 206 Å². The van der Waals surface area contributed by atoms with Gasteiger partial charge in [0.2, 0.25) is 0 Å². The number of hydrogen-bond donors (Lipinski definition) is 0. The van der Waals surface area contributed by atoms with E-state index in [-0.39, 0.29) is 0 Å². The molecule has 0 bridgehead atoms. The summed E-state index contributed by atoms with van der Waals surface area (Å²) < 4.78 is 6.52. The average Bonchev–Trinajstić information content (AvgIpc) is 3.80. The molecule has 0 saturated heterocycles. The third-order valence-corrected chi connectivity index (χ3v) is 13.6. The number of furan rings is 1. The molecule has 0 N–H and O–H groups in total. The Morgan fingerprint density at radius 3 is 1.59 bits per heavy atom. The van der Waals surface area contributed by atoms with E-state index < -0.39 is 0 Å². The van der Waals surface area contributed by atoms with Crippen LogP contribution in [-0.2, 0) is 0 Å². The van der Waals surface area contributed by atoms with E-state index in [1.54, 1.807) is 0 Å². The molecule has 0 aliphatic heterocycles. The van der Waals surface area contributed by atoms with E-state index in [4.69, 9.17) is 4.42 Å². The SMILES string of the molecule is c1ccc(-c2ccc(-c3cc4ccccc4c4ccccc34)cc2N(c2ccc(-c3cccc(-c4ccc5ccccc5c4)c3)cc2)c2ccc(-c3cccc4c3oc3ccccc34)cc2)cc1. The van der Waals surface area contributed by atoms with Crippen molar-refractivity contribution in [3.05, 3.63) is 261 Å². The van der Waals surface area contributed by atoms with Crippen molar-refractivity contribution in [3.63, 3.8) is 0 Å². The Bertz CT molecular complexity index is 4010. The van der Waals surface area contributed by atoms with Crippen molar-refractivity contribution in [3.8, 4) is 55.6 Å². The van der Waals surface area contributed by atoms with Crippen molar-refractivity contribution in [2.45, 2.75) is 0 Å². The van der Waals surface area contributed by atoms with E-state index in [2.05, 4.69) is 254 Å². The molecule has 0 aliphatic rings. The van der Waals surface area contributed by atoms with Gasteiger partial charge in [0.25, 0.3) is 0 Å². The van der Waals surface area contributed by atoms with E-state index in [1.165, 1.54) is 54.6 Å². The van der Waals surface area contributed by atoms with Crippen LogP contribution in [0.1, 0.15) is 0 Å². The lowest BCUT2D eigenvalue weighted by molar-refractivity contribution is 0.670. The lowest BCUT2D eigenvalue weighted by Gasteiger charge is -2.29. The summed E-state index contributed by atoms with van der Waals surface area (Å²) in [5.74, 6) is 0. The molecule has 0 atom stereocenters. The van der Waals surface area contributed by atoms with Crippen molar-refractivity contribution in [2.24, 2.45) is 0 Å². The third-order valence-electron chi connectivity index (χ3n) is 13.6. The normalized spacial score (nSPS) is 11.5. The minimum Gasteiger partial charge on any atom is -0.455 e. The first-order valence-corrected chi connectivity index (χ1v) is 23.3. The van der Waals surface area contributed by atoms with Gasteiger partial charge in [0.1, 0.15) is 11.2 Å². The number of anilines is 3. The summed E-state index contributed by atoms with van der Waals surface area (Å²) in [6.07, 6.45) is 0. The lowest BCUT2D eigenvalue weighted by Crippen LogP contribution is -2.11. The fraction of sp³-hybridized carbons (Fsp3) is 0. The van der Waals surface area contributed by atoms with E-state index in [1.807, 2.05) is 12.1 Å². The third kappa shape index (κ3) is 6.90. The maximum Gasteiger partial charge on any atom is 0.143 e. The maximum atomic E-state index is 6.52. The predicted octanol–water partition coefficient (Wildman–Crippen LogP) is 18.9. The highest BCUT2D eigenvalue weighted by Crippen LogP contribution is 2.46. The molecule has 13 rings (SSSR count). The number of benzene rings is 12. The number of nitrogens with zero attached hydrogens (tertiary/aromatic N) is 1. The number of fused-ring (bicyclic) bond motifs is 7. The first-order valence-electron chi connectivity index (χ1n) is 23.3. The van der Waals surface area contributed by atoms with Gasteiger partial charge in [-0.05, 0) is 131 Å². The summed E-state index contributed by atoms with van der Waals surface area (Å²) in [6, 6.07) is 94.6. The predicted molar refractivity (Wildman–Crippen MR) is 288 cm³/mol. The van der Waals surface area contributed by atoms with Crippen molar-refractivity contribution < 1.29 is 4.42 Å². The molecule has 0 spiro atoms. The summed E-state index contributed by atoms with van der Waals surface area (Å²) in [7, 11) is 0. The summed E-state index contributed by atoms with van der Waals surface area (Å²) >= 11 is 0. The van der Waals surface area contributed by atoms with Crippen molar-refractivity contribution in [1.82, 2.24) is 0 Å². The molecule has 1 aromatic heterocycles. The largest absolute Gasteiger partial charge is 0.455 e. The molecule has 2 nitrogen and oxygen atoms in total. The summed E-state index contributed by atoms with van der Waals surface area (Å²) in [4.78, 5) is 2.43. The molecular formula is C66H43NO. The van der Waals surface area contributed by atoms with Crippen LogP contribution in [0.25, 0.3) is 110 Å². The zero-order chi connectivity index (χ0) is 45.0. The fourth-order valence-electron chi connectivity index (χ4n) is 10.3. The quantitative estimate of drug-likeness (QED) is 0.142. The minimum atomic E-state index is 0.897. The molecule has 0 saturated carbocycles. The molecule has 0 unspecified atom stereocenters. The summed E-state index contributed by atoms with van der Waals surface area (Å²) in [5.41, 5.74) is 16.6. The number of hydrogen-bond acceptors (Lipinski definition) is 2. The highest BCUT2D eigenvalue weighted by molar-refractivity contribution is 6.14. The molecule has 318 valence electrons. The molecule has 13 aromatic rings. The molecule has 12 aromatic carbocycles. The van der Waals surface area contributed by atoms with Crippen LogP contribution >= 0.6 is 0 Å². The Morgan fingerprint density at radius 1 is 0.250 bits per heavy atom. The van der Waals surface area contributed by atoms with Gasteiger partial charge in [-0.15, -0.1) is 0 Å². The monoisotopic (exact) mass is 865 g/mol. The van der Waals surface area contributed by atoms with Crippen molar-refractivity contribution in [2.75, 3.05) is 4.90 Å². The molecule has 0 radical (unpaired) electrons. The lowest BCUT2D eigenvalue weighted by atomic mass is 9.91. The average molecular weight is 866 g/mol. The molecule has 68 heavy (non-hydrogen) atoms. The minimum absolute atomic E-state index is 0.897. The number of para-hydroxylation sites is 2. The molecule has 0 fully saturated rings. The fourth-order valence-corrected chi connectivity index (χ4v) is 10.3. The Balaban J connectivity index is 0.976. The van der Waals surface area contributed by atoms with Crippen LogP contribution in [0.4, 0.5) is 17.1 Å². The highest BCUT2D eigenvalue weighted by Gasteiger charge is 2.21. The van der Waals surface area contributed by atoms with Gasteiger partial charge in [0, 0.05) is 33.3 Å². The van der Waals surface area contributed by atoms with Crippen LogP contribution in [0, 0.1) is 0 Å². The van der Waals surface area contributed by atoms with Crippen molar-refractivity contribution in [1.29, 1.82) is 0 Å². The first-order chi connectivity index (χ1) is 33.7. The first kappa shape index (κ1) is 39.4. The second-order valence-corrected chi connectivity index (χ2v) is 17.6. The van der Waals surface area contributed by atoms with Gasteiger partial charge in [-0.3, -0.25) is 0 Å². The van der Waals surface area contributed by atoms with E-state index in [0.717, 1.165) is 72.4 Å². The van der Waals surface area contributed by atoms with E-state index in [0.29, 0.717) is 0 Å². The molecule has 0 aliphatic carbocycles. The maximum absolute atomic E-state index is 6.52. The van der Waals surface area contributed by atoms with Crippen LogP contribution in [0.5, 0.6) is 0 Å². The van der Waals surface area contributed by atoms with Crippen LogP contribution in [0.2, 0.25) is 0 Å². The smallest absolute Gasteiger partial charge is 0.143 e. The zero-order valence-electron chi connectivity index (χ0n) is 37.2. The molecule has 0 amide bonds. The standard InChI is InChI=1S/C66H43NO/c1-2-15-46(16-3-1)57-39-34-53(63-42-52-18-6-7-21-56(52)59-22-8-9-23-60(59)63)43-64(57)67(55-37-32-47(33-38-55)58-25-13-26-62-61-24-10-11-27-65(61)68-66(58)62)54-35-30-45(31-36-54)49-19-12-20-50(40-49)51-29-28-44-14-4-5-17-48(44)41-51/h1-43H. The van der Waals surface area contributed by atoms with Gasteiger partial charge in [0.05, 0.1) is 5.69 Å². The second kappa shape index (κ2) is 16.5. The van der Waals surface area contributed by atoms with Gasteiger partial charge in [0.15, 0.2) is 0 Å².